The van der Waals surface area contributed by atoms with Crippen LogP contribution in [0, 0.1) is 0 Å². The smallest absolute Gasteiger partial charge is 0.412 e. The van der Waals surface area contributed by atoms with Gasteiger partial charge in [0.2, 0.25) is 0 Å². The Balaban J connectivity index is 1.73. The Labute approximate surface area is 258 Å². The van der Waals surface area contributed by atoms with Crippen molar-refractivity contribution in [3.8, 4) is 0 Å². The van der Waals surface area contributed by atoms with Crippen molar-refractivity contribution >= 4 is 35.6 Å². The van der Waals surface area contributed by atoms with Crippen LogP contribution in [0.15, 0.2) is 48.5 Å². The molecule has 4 N–H and O–H groups in total. The molecule has 242 valence electrons. The minimum absolute atomic E-state index is 0.183. The first-order valence-corrected chi connectivity index (χ1v) is 14.2. The number of hydrogen-bond donors (Lipinski definition) is 4. The quantitative estimate of drug-likeness (QED) is 0.168. The zero-order valence-corrected chi connectivity index (χ0v) is 26.2. The summed E-state index contributed by atoms with van der Waals surface area (Å²) in [5.41, 5.74) is 0.110. The van der Waals surface area contributed by atoms with E-state index >= 15 is 0 Å². The molecule has 2 rings (SSSR count). The van der Waals surface area contributed by atoms with Crippen molar-refractivity contribution in [3.63, 3.8) is 0 Å². The van der Waals surface area contributed by atoms with E-state index in [1.807, 2.05) is 30.3 Å². The fraction of sp³-hybridized carbons (Fsp3) is 0.484. The number of ether oxygens (including phenoxy) is 5. The van der Waals surface area contributed by atoms with E-state index in [-0.39, 0.29) is 56.5 Å². The molecule has 0 bridgehead atoms. The molecule has 0 radical (unpaired) electrons. The first kappa shape index (κ1) is 35.8. The maximum absolute atomic E-state index is 12.8. The summed E-state index contributed by atoms with van der Waals surface area (Å²) >= 11 is 0. The minimum Gasteiger partial charge on any atom is -0.445 e. The van der Waals surface area contributed by atoms with Gasteiger partial charge in [0, 0.05) is 30.0 Å². The number of rotatable bonds is 14. The second kappa shape index (κ2) is 17.7. The predicted octanol–water partition coefficient (Wildman–Crippen LogP) is 5.07. The maximum atomic E-state index is 12.8. The van der Waals surface area contributed by atoms with Gasteiger partial charge in [-0.15, -0.1) is 0 Å². The van der Waals surface area contributed by atoms with E-state index in [1.165, 1.54) is 18.2 Å². The van der Waals surface area contributed by atoms with Crippen LogP contribution in [0.2, 0.25) is 0 Å². The van der Waals surface area contributed by atoms with Crippen molar-refractivity contribution < 1.29 is 42.9 Å². The van der Waals surface area contributed by atoms with Gasteiger partial charge in [0.05, 0.1) is 26.4 Å². The van der Waals surface area contributed by atoms with E-state index in [4.69, 9.17) is 23.7 Å². The Morgan fingerprint density at radius 1 is 0.636 bits per heavy atom. The van der Waals surface area contributed by atoms with Gasteiger partial charge in [-0.25, -0.2) is 14.4 Å². The van der Waals surface area contributed by atoms with Gasteiger partial charge in [-0.2, -0.15) is 0 Å². The van der Waals surface area contributed by atoms with Gasteiger partial charge in [0.15, 0.2) is 0 Å². The fourth-order valence-corrected chi connectivity index (χ4v) is 3.41. The van der Waals surface area contributed by atoms with Crippen molar-refractivity contribution in [1.29, 1.82) is 0 Å². The first-order chi connectivity index (χ1) is 20.7. The molecule has 13 heteroatoms. The molecule has 0 aliphatic carbocycles. The average molecular weight is 617 g/mol. The SMILES string of the molecule is CC(C)(C)OC(=O)Nc1cc(NC(=O)OC(C)(C)C)cc(C(=O)NCCOCCOCCNC(=O)OCc2ccccc2)c1. The van der Waals surface area contributed by atoms with Crippen LogP contribution in [-0.2, 0) is 30.3 Å². The summed E-state index contributed by atoms with van der Waals surface area (Å²) in [6.07, 6.45) is -1.95. The normalized spacial score (nSPS) is 11.2. The third-order valence-electron chi connectivity index (χ3n) is 5.12. The molecule has 0 spiro atoms. The second-order valence-corrected chi connectivity index (χ2v) is 11.5. The lowest BCUT2D eigenvalue weighted by Crippen LogP contribution is -2.30. The van der Waals surface area contributed by atoms with Gasteiger partial charge in [-0.1, -0.05) is 30.3 Å². The Hall–Kier alpha value is -4.36. The monoisotopic (exact) mass is 616 g/mol. The van der Waals surface area contributed by atoms with Gasteiger partial charge in [0.1, 0.15) is 17.8 Å². The molecule has 2 aromatic rings. The standard InChI is InChI=1S/C31H44N4O9/c1-30(2,3)43-28(38)34-24-18-23(19-25(20-24)35-29(39)44-31(4,5)6)26(36)32-12-14-40-16-17-41-15-13-33-27(37)42-21-22-10-8-7-9-11-22/h7-11,18-20H,12-17,21H2,1-6H3,(H,32,36)(H,33,37)(H,34,38)(H,35,39). The molecule has 4 amide bonds. The fourth-order valence-electron chi connectivity index (χ4n) is 3.41. The topological polar surface area (TPSA) is 163 Å². The number of hydrogen-bond acceptors (Lipinski definition) is 9. The van der Waals surface area contributed by atoms with Crippen LogP contribution >= 0.6 is 0 Å². The van der Waals surface area contributed by atoms with Gasteiger partial charge < -0.3 is 34.3 Å². The Kier molecular flexibility index (Phi) is 14.4. The van der Waals surface area contributed by atoms with Crippen LogP contribution < -0.4 is 21.3 Å². The van der Waals surface area contributed by atoms with Gasteiger partial charge in [0.25, 0.3) is 5.91 Å². The lowest BCUT2D eigenvalue weighted by molar-refractivity contribution is 0.0486. The summed E-state index contributed by atoms with van der Waals surface area (Å²) in [5.74, 6) is -0.449. The third-order valence-corrected chi connectivity index (χ3v) is 5.12. The molecule has 2 aromatic carbocycles. The van der Waals surface area contributed by atoms with E-state index < -0.39 is 35.4 Å². The van der Waals surface area contributed by atoms with Crippen molar-refractivity contribution in [3.05, 3.63) is 59.7 Å². The summed E-state index contributed by atoms with van der Waals surface area (Å²) in [6.45, 7) is 12.1. The summed E-state index contributed by atoms with van der Waals surface area (Å²) < 4.78 is 26.6. The molecular weight excluding hydrogens is 572 g/mol. The van der Waals surface area contributed by atoms with Crippen LogP contribution in [0.3, 0.4) is 0 Å². The summed E-state index contributed by atoms with van der Waals surface area (Å²) in [7, 11) is 0. The molecule has 13 nitrogen and oxygen atoms in total. The zero-order chi connectivity index (χ0) is 32.6. The first-order valence-electron chi connectivity index (χ1n) is 14.2. The van der Waals surface area contributed by atoms with Crippen LogP contribution in [0.4, 0.5) is 25.8 Å². The van der Waals surface area contributed by atoms with E-state index in [9.17, 15) is 19.2 Å². The average Bonchev–Trinajstić information content (AvgIpc) is 2.91. The number of benzene rings is 2. The molecule has 0 fully saturated rings. The lowest BCUT2D eigenvalue weighted by Gasteiger charge is -2.21. The van der Waals surface area contributed by atoms with Gasteiger partial charge in [-0.05, 0) is 65.3 Å². The number of alkyl carbamates (subject to hydrolysis) is 1. The van der Waals surface area contributed by atoms with E-state index in [0.29, 0.717) is 6.61 Å². The van der Waals surface area contributed by atoms with Crippen molar-refractivity contribution in [2.24, 2.45) is 0 Å². The molecule has 44 heavy (non-hydrogen) atoms. The number of carbonyl (C=O) groups excluding carboxylic acids is 4. The lowest BCUT2D eigenvalue weighted by atomic mass is 10.1. The van der Waals surface area contributed by atoms with E-state index in [2.05, 4.69) is 21.3 Å². The molecule has 0 saturated heterocycles. The number of amides is 4. The largest absolute Gasteiger partial charge is 0.445 e. The van der Waals surface area contributed by atoms with E-state index in [0.717, 1.165) is 5.56 Å². The molecule has 0 unspecified atom stereocenters. The summed E-state index contributed by atoms with van der Waals surface area (Å²) in [6, 6.07) is 13.8. The highest BCUT2D eigenvalue weighted by Gasteiger charge is 2.19. The van der Waals surface area contributed by atoms with Crippen LogP contribution in [0.5, 0.6) is 0 Å². The summed E-state index contributed by atoms with van der Waals surface area (Å²) in [5, 5.41) is 10.5. The third kappa shape index (κ3) is 16.3. The Morgan fingerprint density at radius 3 is 1.64 bits per heavy atom. The summed E-state index contributed by atoms with van der Waals surface area (Å²) in [4.78, 5) is 49.1. The molecule has 0 saturated carbocycles. The highest BCUT2D eigenvalue weighted by molar-refractivity contribution is 5.99. The predicted molar refractivity (Wildman–Crippen MR) is 165 cm³/mol. The molecule has 0 atom stereocenters. The second-order valence-electron chi connectivity index (χ2n) is 11.5. The van der Waals surface area contributed by atoms with Crippen LogP contribution in [0.25, 0.3) is 0 Å². The minimum atomic E-state index is -0.727. The Morgan fingerprint density at radius 2 is 1.14 bits per heavy atom. The van der Waals surface area contributed by atoms with E-state index in [1.54, 1.807) is 41.5 Å². The molecule has 0 aliphatic rings. The highest BCUT2D eigenvalue weighted by Crippen LogP contribution is 2.21. The van der Waals surface area contributed by atoms with Gasteiger partial charge in [-0.3, -0.25) is 15.4 Å². The molecular formula is C31H44N4O9. The molecule has 0 aromatic heterocycles. The number of carbonyl (C=O) groups is 4. The van der Waals surface area contributed by atoms with Gasteiger partial charge >= 0.3 is 18.3 Å². The maximum Gasteiger partial charge on any atom is 0.412 e. The molecule has 0 aliphatic heterocycles. The number of anilines is 2. The zero-order valence-electron chi connectivity index (χ0n) is 26.2. The molecule has 0 heterocycles. The highest BCUT2D eigenvalue weighted by atomic mass is 16.6. The van der Waals surface area contributed by atoms with Crippen LogP contribution in [-0.4, -0.2) is 74.9 Å². The Bertz CT molecular complexity index is 1180. The van der Waals surface area contributed by atoms with Crippen molar-refractivity contribution in [2.75, 3.05) is 50.2 Å². The van der Waals surface area contributed by atoms with Crippen LogP contribution in [0.1, 0.15) is 57.5 Å². The van der Waals surface area contributed by atoms with Crippen molar-refractivity contribution in [1.82, 2.24) is 10.6 Å². The van der Waals surface area contributed by atoms with Crippen molar-refractivity contribution in [2.45, 2.75) is 59.4 Å². The number of nitrogens with one attached hydrogen (secondary N) is 4.